The molecule has 1 saturated carbocycles. The van der Waals surface area contributed by atoms with Crippen molar-refractivity contribution in [1.29, 1.82) is 0 Å². The minimum Gasteiger partial charge on any atom is -0.348 e. The van der Waals surface area contributed by atoms with E-state index in [0.29, 0.717) is 24.4 Å². The zero-order valence-corrected chi connectivity index (χ0v) is 21.2. The van der Waals surface area contributed by atoms with Crippen LogP contribution in [0.5, 0.6) is 0 Å². The number of piperidine rings is 1. The predicted molar refractivity (Wildman–Crippen MR) is 147 cm³/mol. The van der Waals surface area contributed by atoms with Gasteiger partial charge in [0.15, 0.2) is 0 Å². The van der Waals surface area contributed by atoms with Crippen LogP contribution in [0.2, 0.25) is 0 Å². The minimum absolute atomic E-state index is 0.00605. The van der Waals surface area contributed by atoms with Crippen molar-refractivity contribution in [3.05, 3.63) is 113 Å². The molecular weight excluding hydrogens is 440 g/mol. The topological polar surface area (TPSA) is 32.3 Å². The third-order valence-electron chi connectivity index (χ3n) is 9.08. The Morgan fingerprint density at radius 2 is 1.75 bits per heavy atom. The fraction of sp³-hybridized carbons (Fsp3) is 0.364. The van der Waals surface area contributed by atoms with Crippen LogP contribution in [0.15, 0.2) is 84.9 Å². The first kappa shape index (κ1) is 23.2. The van der Waals surface area contributed by atoms with Gasteiger partial charge in [0, 0.05) is 30.1 Å². The zero-order valence-electron chi connectivity index (χ0n) is 21.2. The second-order valence-electron chi connectivity index (χ2n) is 11.1. The number of nitrogens with zero attached hydrogens (tertiary/aromatic N) is 1. The average Bonchev–Trinajstić information content (AvgIpc) is 3.56. The number of benzene rings is 3. The number of carbonyl (C=O) groups excluding carboxylic acids is 1. The van der Waals surface area contributed by atoms with Gasteiger partial charge in [-0.15, -0.1) is 0 Å². The Morgan fingerprint density at radius 1 is 0.972 bits per heavy atom. The molecule has 3 aliphatic rings. The van der Waals surface area contributed by atoms with E-state index < -0.39 is 0 Å². The Bertz CT molecular complexity index is 1250. The molecule has 3 unspecified atom stereocenters. The van der Waals surface area contributed by atoms with Crippen LogP contribution in [-0.2, 0) is 12.0 Å². The fourth-order valence-electron chi connectivity index (χ4n) is 6.93. The van der Waals surface area contributed by atoms with Crippen molar-refractivity contribution in [2.75, 3.05) is 13.1 Å². The summed E-state index contributed by atoms with van der Waals surface area (Å²) in [6.45, 7) is 5.37. The molecule has 4 atom stereocenters. The van der Waals surface area contributed by atoms with Crippen molar-refractivity contribution in [2.24, 2.45) is 5.92 Å². The van der Waals surface area contributed by atoms with Crippen LogP contribution in [0.4, 0.5) is 0 Å². The molecule has 1 N–H and O–H groups in total. The number of rotatable bonds is 5. The molecule has 1 aliphatic heterocycles. The van der Waals surface area contributed by atoms with Crippen molar-refractivity contribution in [1.82, 2.24) is 10.2 Å². The molecule has 1 spiro atoms. The van der Waals surface area contributed by atoms with E-state index in [2.05, 4.69) is 65.7 Å². The molecule has 6 rings (SSSR count). The standard InChI is InChI=1S/C33H36N2O/c1-24-23-35(20-19-33(24)18-17-27-9-5-6-10-31(27)33)30-16-15-29(21-30)26-11-13-28(14-12-26)32(36)34-22-25-7-3-2-4-8-25/h2-14,17-18,24,29-30H,15-16,19-23H2,1H3,(H,34,36)/t24-,29?,30?,33?/m0/s1. The van der Waals surface area contributed by atoms with Crippen LogP contribution in [0.25, 0.3) is 6.08 Å². The van der Waals surface area contributed by atoms with Crippen LogP contribution >= 0.6 is 0 Å². The summed E-state index contributed by atoms with van der Waals surface area (Å²) in [5, 5.41) is 3.03. The molecular formula is C33H36N2O. The van der Waals surface area contributed by atoms with Crippen molar-refractivity contribution in [3.8, 4) is 0 Å². The highest BCUT2D eigenvalue weighted by molar-refractivity contribution is 5.94. The van der Waals surface area contributed by atoms with Crippen LogP contribution in [-0.4, -0.2) is 29.9 Å². The number of hydrogen-bond acceptors (Lipinski definition) is 2. The van der Waals surface area contributed by atoms with Crippen molar-refractivity contribution >= 4 is 12.0 Å². The number of fused-ring (bicyclic) bond motifs is 2. The highest BCUT2D eigenvalue weighted by Gasteiger charge is 2.45. The number of allylic oxidation sites excluding steroid dienone is 1. The lowest BCUT2D eigenvalue weighted by Crippen LogP contribution is -2.50. The van der Waals surface area contributed by atoms with Gasteiger partial charge in [0.1, 0.15) is 0 Å². The highest BCUT2D eigenvalue weighted by Crippen LogP contribution is 2.48. The smallest absolute Gasteiger partial charge is 0.251 e. The lowest BCUT2D eigenvalue weighted by Gasteiger charge is -2.46. The summed E-state index contributed by atoms with van der Waals surface area (Å²) >= 11 is 0. The van der Waals surface area contributed by atoms with Gasteiger partial charge in [-0.2, -0.15) is 0 Å². The van der Waals surface area contributed by atoms with Gasteiger partial charge >= 0.3 is 0 Å². The second-order valence-corrected chi connectivity index (χ2v) is 11.1. The van der Waals surface area contributed by atoms with E-state index in [4.69, 9.17) is 0 Å². The summed E-state index contributed by atoms with van der Waals surface area (Å²) in [7, 11) is 0. The molecule has 1 heterocycles. The minimum atomic E-state index is -0.00605. The van der Waals surface area contributed by atoms with E-state index in [0.717, 1.165) is 11.1 Å². The van der Waals surface area contributed by atoms with Crippen molar-refractivity contribution in [3.63, 3.8) is 0 Å². The summed E-state index contributed by atoms with van der Waals surface area (Å²) in [4.78, 5) is 15.4. The van der Waals surface area contributed by atoms with E-state index in [1.165, 1.54) is 55.5 Å². The van der Waals surface area contributed by atoms with Gasteiger partial charge in [0.25, 0.3) is 5.91 Å². The molecule has 2 fully saturated rings. The Hall–Kier alpha value is -3.17. The molecule has 1 amide bonds. The van der Waals surface area contributed by atoms with E-state index in [1.54, 1.807) is 0 Å². The number of likely N-dealkylation sites (tertiary alicyclic amines) is 1. The maximum Gasteiger partial charge on any atom is 0.251 e. The maximum absolute atomic E-state index is 12.6. The monoisotopic (exact) mass is 476 g/mol. The first-order chi connectivity index (χ1) is 17.6. The number of nitrogens with one attached hydrogen (secondary N) is 1. The molecule has 0 radical (unpaired) electrons. The van der Waals surface area contributed by atoms with Crippen molar-refractivity contribution in [2.45, 2.75) is 56.5 Å². The third kappa shape index (κ3) is 4.30. The third-order valence-corrected chi connectivity index (χ3v) is 9.08. The maximum atomic E-state index is 12.6. The molecule has 3 aromatic rings. The number of carbonyl (C=O) groups is 1. The predicted octanol–water partition coefficient (Wildman–Crippen LogP) is 6.56. The van der Waals surface area contributed by atoms with Crippen molar-refractivity contribution < 1.29 is 4.79 Å². The first-order valence-corrected chi connectivity index (χ1v) is 13.6. The van der Waals surface area contributed by atoms with E-state index in [-0.39, 0.29) is 11.3 Å². The van der Waals surface area contributed by atoms with E-state index in [1.807, 2.05) is 42.5 Å². The Balaban J connectivity index is 1.05. The van der Waals surface area contributed by atoms with Gasteiger partial charge < -0.3 is 10.2 Å². The number of hydrogen-bond donors (Lipinski definition) is 1. The quantitative estimate of drug-likeness (QED) is 0.452. The molecule has 3 aromatic carbocycles. The van der Waals surface area contributed by atoms with Gasteiger partial charge in [-0.05, 0) is 78.5 Å². The van der Waals surface area contributed by atoms with Gasteiger partial charge in [0.2, 0.25) is 0 Å². The number of amides is 1. The SMILES string of the molecule is C[C@H]1CN(C2CCC(c3ccc(C(=O)NCc4ccccc4)cc3)C2)CCC12C=Cc1ccccc12. The van der Waals surface area contributed by atoms with Gasteiger partial charge in [0.05, 0.1) is 0 Å². The Kier molecular flexibility index (Phi) is 6.27. The second kappa shape index (κ2) is 9.71. The molecule has 3 nitrogen and oxygen atoms in total. The lowest BCUT2D eigenvalue weighted by molar-refractivity contribution is 0.0898. The van der Waals surface area contributed by atoms with Gasteiger partial charge in [-0.25, -0.2) is 0 Å². The van der Waals surface area contributed by atoms with Crippen LogP contribution < -0.4 is 5.32 Å². The first-order valence-electron chi connectivity index (χ1n) is 13.6. The molecule has 0 aromatic heterocycles. The highest BCUT2D eigenvalue weighted by atomic mass is 16.1. The Labute approximate surface area is 215 Å². The lowest BCUT2D eigenvalue weighted by atomic mass is 9.68. The molecule has 36 heavy (non-hydrogen) atoms. The van der Waals surface area contributed by atoms with Crippen LogP contribution in [0, 0.1) is 5.92 Å². The summed E-state index contributed by atoms with van der Waals surface area (Å²) in [5.41, 5.74) is 6.41. The van der Waals surface area contributed by atoms with E-state index >= 15 is 0 Å². The molecule has 2 aliphatic carbocycles. The normalized spacial score (nSPS) is 27.3. The molecule has 3 heteroatoms. The Morgan fingerprint density at radius 3 is 2.56 bits per heavy atom. The van der Waals surface area contributed by atoms with Gasteiger partial charge in [-0.3, -0.25) is 4.79 Å². The molecule has 184 valence electrons. The summed E-state index contributed by atoms with van der Waals surface area (Å²) in [6, 6.07) is 28.1. The molecule has 0 bridgehead atoms. The fourth-order valence-corrected chi connectivity index (χ4v) is 6.93. The zero-order chi connectivity index (χ0) is 24.5. The summed E-state index contributed by atoms with van der Waals surface area (Å²) in [6.07, 6.45) is 9.80. The van der Waals surface area contributed by atoms with Crippen LogP contribution in [0.1, 0.15) is 71.1 Å². The summed E-state index contributed by atoms with van der Waals surface area (Å²) in [5.74, 6) is 1.21. The summed E-state index contributed by atoms with van der Waals surface area (Å²) < 4.78 is 0. The van der Waals surface area contributed by atoms with Gasteiger partial charge in [-0.1, -0.05) is 85.8 Å². The largest absolute Gasteiger partial charge is 0.348 e. The van der Waals surface area contributed by atoms with Crippen LogP contribution in [0.3, 0.4) is 0 Å². The molecule has 1 saturated heterocycles. The average molecular weight is 477 g/mol. The van der Waals surface area contributed by atoms with E-state index in [9.17, 15) is 4.79 Å².